The quantitative estimate of drug-likeness (QED) is 0.652. The van der Waals surface area contributed by atoms with Gasteiger partial charge in [0.2, 0.25) is 5.91 Å². The summed E-state index contributed by atoms with van der Waals surface area (Å²) in [5.41, 5.74) is 1.61. The van der Waals surface area contributed by atoms with Gasteiger partial charge in [-0.2, -0.15) is 5.21 Å². The Kier molecular flexibility index (Phi) is 5.98. The number of hydrogen-bond acceptors (Lipinski definition) is 6. The van der Waals surface area contributed by atoms with Crippen LogP contribution in [0.15, 0.2) is 48.5 Å². The molecule has 2 aromatic carbocycles. The van der Waals surface area contributed by atoms with Crippen LogP contribution >= 0.6 is 0 Å². The standard InChI is InChI=1S/C19H21N5O3/c1-3-27-16-10-6-14(7-11-16)20-19(25)17(18-21-23-24-22-18)12-13-4-8-15(26-2)9-5-13/h4-11,17H,3,12H2,1-2H3,(H2,20,21,22,23,24,25)/p-1/t17-/m1/s1. The number of nitrogens with zero attached hydrogens (tertiary/aromatic N) is 4. The summed E-state index contributed by atoms with van der Waals surface area (Å²) in [5.74, 6) is 0.944. The second kappa shape index (κ2) is 8.79. The molecule has 0 bridgehead atoms. The molecule has 0 radical (unpaired) electrons. The van der Waals surface area contributed by atoms with Crippen LogP contribution in [0.25, 0.3) is 0 Å². The minimum Gasteiger partial charge on any atom is -0.497 e. The zero-order chi connectivity index (χ0) is 19.1. The molecule has 27 heavy (non-hydrogen) atoms. The van der Waals surface area contributed by atoms with E-state index in [-0.39, 0.29) is 11.7 Å². The van der Waals surface area contributed by atoms with E-state index in [0.29, 0.717) is 18.7 Å². The predicted octanol–water partition coefficient (Wildman–Crippen LogP) is 2.20. The van der Waals surface area contributed by atoms with Gasteiger partial charge in [-0.3, -0.25) is 15.1 Å². The number of hydrogen-bond donors (Lipinski definition) is 1. The molecular formula is C19H20N5O3-. The lowest BCUT2D eigenvalue weighted by Crippen LogP contribution is -2.24. The Morgan fingerprint density at radius 2 is 1.81 bits per heavy atom. The van der Waals surface area contributed by atoms with Crippen molar-refractivity contribution in [1.29, 1.82) is 0 Å². The molecule has 140 valence electrons. The molecule has 8 nitrogen and oxygen atoms in total. The van der Waals surface area contributed by atoms with Gasteiger partial charge in [-0.05, 0) is 55.3 Å². The predicted molar refractivity (Wildman–Crippen MR) is 98.8 cm³/mol. The van der Waals surface area contributed by atoms with Gasteiger partial charge in [0.1, 0.15) is 11.5 Å². The van der Waals surface area contributed by atoms with Crippen LogP contribution < -0.4 is 19.9 Å². The lowest BCUT2D eigenvalue weighted by Gasteiger charge is -2.17. The first-order chi connectivity index (χ1) is 13.2. The van der Waals surface area contributed by atoms with E-state index in [4.69, 9.17) is 9.47 Å². The highest BCUT2D eigenvalue weighted by atomic mass is 16.5. The monoisotopic (exact) mass is 366 g/mol. The molecule has 0 spiro atoms. The number of benzene rings is 2. The molecule has 0 saturated carbocycles. The first-order valence-electron chi connectivity index (χ1n) is 8.55. The van der Waals surface area contributed by atoms with Crippen LogP contribution in [0.1, 0.15) is 24.2 Å². The fourth-order valence-corrected chi connectivity index (χ4v) is 2.62. The first kappa shape index (κ1) is 18.4. The Morgan fingerprint density at radius 3 is 2.41 bits per heavy atom. The van der Waals surface area contributed by atoms with Gasteiger partial charge < -0.3 is 19.9 Å². The Balaban J connectivity index is 1.74. The Bertz CT molecular complexity index is 848. The van der Waals surface area contributed by atoms with Crippen molar-refractivity contribution in [3.63, 3.8) is 0 Å². The molecule has 3 rings (SSSR count). The number of rotatable bonds is 8. The maximum absolute atomic E-state index is 12.8. The van der Waals surface area contributed by atoms with Crippen LogP contribution in [0.4, 0.5) is 5.69 Å². The summed E-state index contributed by atoms with van der Waals surface area (Å²) < 4.78 is 10.6. The van der Waals surface area contributed by atoms with E-state index in [9.17, 15) is 4.79 Å². The summed E-state index contributed by atoms with van der Waals surface area (Å²) >= 11 is 0. The van der Waals surface area contributed by atoms with Crippen LogP contribution in [0, 0.1) is 0 Å². The number of amides is 1. The molecule has 1 N–H and O–H groups in total. The number of ether oxygens (including phenoxy) is 2. The molecule has 0 aliphatic heterocycles. The maximum Gasteiger partial charge on any atom is 0.232 e. The third-order valence-electron chi connectivity index (χ3n) is 3.99. The Morgan fingerprint density at radius 1 is 1.11 bits per heavy atom. The van der Waals surface area contributed by atoms with Crippen molar-refractivity contribution in [2.45, 2.75) is 19.3 Å². The van der Waals surface area contributed by atoms with Gasteiger partial charge >= 0.3 is 0 Å². The topological polar surface area (TPSA) is 100 Å². The zero-order valence-electron chi connectivity index (χ0n) is 15.1. The van der Waals surface area contributed by atoms with Gasteiger partial charge in [0, 0.05) is 11.5 Å². The lowest BCUT2D eigenvalue weighted by molar-refractivity contribution is -0.117. The van der Waals surface area contributed by atoms with Crippen molar-refractivity contribution in [3.8, 4) is 11.5 Å². The lowest BCUT2D eigenvalue weighted by atomic mass is 9.97. The number of carbonyl (C=O) groups is 1. The van der Waals surface area contributed by atoms with Crippen molar-refractivity contribution in [3.05, 3.63) is 59.9 Å². The van der Waals surface area contributed by atoms with Crippen LogP contribution in [0.3, 0.4) is 0 Å². The zero-order valence-corrected chi connectivity index (χ0v) is 15.1. The number of methoxy groups -OCH3 is 1. The largest absolute Gasteiger partial charge is 0.497 e. The number of aromatic nitrogens is 4. The minimum absolute atomic E-state index is 0.232. The minimum atomic E-state index is -0.611. The number of carbonyl (C=O) groups excluding carboxylic acids is 1. The molecular weight excluding hydrogens is 346 g/mol. The highest BCUT2D eigenvalue weighted by molar-refractivity contribution is 5.95. The molecule has 1 atom stereocenters. The highest BCUT2D eigenvalue weighted by Crippen LogP contribution is 2.22. The van der Waals surface area contributed by atoms with Crippen molar-refractivity contribution in [2.75, 3.05) is 19.0 Å². The van der Waals surface area contributed by atoms with E-state index in [0.717, 1.165) is 17.1 Å². The third kappa shape index (κ3) is 4.81. The van der Waals surface area contributed by atoms with Gasteiger partial charge in [-0.1, -0.05) is 12.1 Å². The summed E-state index contributed by atoms with van der Waals surface area (Å²) in [5, 5.41) is 17.6. The highest BCUT2D eigenvalue weighted by Gasteiger charge is 2.21. The van der Waals surface area contributed by atoms with Crippen molar-refractivity contribution >= 4 is 11.6 Å². The number of anilines is 1. The van der Waals surface area contributed by atoms with Gasteiger partial charge in [0.05, 0.1) is 19.6 Å². The second-order valence-electron chi connectivity index (χ2n) is 5.79. The summed E-state index contributed by atoms with van der Waals surface area (Å²) in [6, 6.07) is 14.7. The molecule has 1 heterocycles. The van der Waals surface area contributed by atoms with E-state index >= 15 is 0 Å². The SMILES string of the molecule is CCOc1ccc(NC(=O)[C@H](Cc2ccc(OC)cc2)c2nnn[n-]2)cc1. The van der Waals surface area contributed by atoms with Crippen LogP contribution in [0.5, 0.6) is 11.5 Å². The fraction of sp³-hybridized carbons (Fsp3) is 0.263. The smallest absolute Gasteiger partial charge is 0.232 e. The van der Waals surface area contributed by atoms with Crippen molar-refractivity contribution in [2.24, 2.45) is 0 Å². The Labute approximate surface area is 156 Å². The second-order valence-corrected chi connectivity index (χ2v) is 5.79. The van der Waals surface area contributed by atoms with Crippen LogP contribution in [-0.4, -0.2) is 35.1 Å². The van der Waals surface area contributed by atoms with E-state index in [2.05, 4.69) is 25.9 Å². The van der Waals surface area contributed by atoms with Gasteiger partial charge in [-0.15, -0.1) is 0 Å². The molecule has 1 aromatic heterocycles. The summed E-state index contributed by atoms with van der Waals surface area (Å²) in [4.78, 5) is 12.8. The van der Waals surface area contributed by atoms with E-state index < -0.39 is 5.92 Å². The van der Waals surface area contributed by atoms with Gasteiger partial charge in [-0.25, -0.2) is 0 Å². The average molecular weight is 366 g/mol. The molecule has 0 aliphatic carbocycles. The van der Waals surface area contributed by atoms with Gasteiger partial charge in [0.25, 0.3) is 0 Å². The van der Waals surface area contributed by atoms with Crippen molar-refractivity contribution < 1.29 is 14.3 Å². The van der Waals surface area contributed by atoms with Crippen molar-refractivity contribution in [1.82, 2.24) is 20.6 Å². The molecule has 8 heteroatoms. The number of nitrogens with one attached hydrogen (secondary N) is 1. The van der Waals surface area contributed by atoms with Crippen LogP contribution in [-0.2, 0) is 11.2 Å². The van der Waals surface area contributed by atoms with E-state index in [1.165, 1.54) is 0 Å². The summed E-state index contributed by atoms with van der Waals surface area (Å²) in [6.45, 7) is 2.51. The summed E-state index contributed by atoms with van der Waals surface area (Å²) in [7, 11) is 1.61. The van der Waals surface area contributed by atoms with Gasteiger partial charge in [0.15, 0.2) is 0 Å². The molecule has 0 fully saturated rings. The maximum atomic E-state index is 12.8. The first-order valence-corrected chi connectivity index (χ1v) is 8.55. The molecule has 0 aliphatic rings. The van der Waals surface area contributed by atoms with E-state index in [1.807, 2.05) is 31.2 Å². The molecule has 0 saturated heterocycles. The molecule has 1 amide bonds. The molecule has 3 aromatic rings. The Hall–Kier alpha value is -3.42. The summed E-state index contributed by atoms with van der Waals surface area (Å²) in [6.07, 6.45) is 0.417. The normalized spacial score (nSPS) is 11.6. The fourth-order valence-electron chi connectivity index (χ4n) is 2.62. The van der Waals surface area contributed by atoms with Crippen LogP contribution in [0.2, 0.25) is 0 Å². The van der Waals surface area contributed by atoms with E-state index in [1.54, 1.807) is 31.4 Å². The average Bonchev–Trinajstić information content (AvgIpc) is 3.22. The number of tetrazole rings is 1. The third-order valence-corrected chi connectivity index (χ3v) is 3.99. The molecule has 0 unspecified atom stereocenters.